The summed E-state index contributed by atoms with van der Waals surface area (Å²) >= 11 is 3.25. The molecule has 126 valence electrons. The van der Waals surface area contributed by atoms with Gasteiger partial charge in [-0.15, -0.1) is 0 Å². The zero-order valence-corrected chi connectivity index (χ0v) is 14.9. The number of ether oxygens (including phenoxy) is 1. The lowest BCUT2D eigenvalue weighted by Gasteiger charge is -2.37. The Hall–Kier alpha value is -1.67. The van der Waals surface area contributed by atoms with Crippen LogP contribution < -0.4 is 5.32 Å². The van der Waals surface area contributed by atoms with E-state index < -0.39 is 22.7 Å². The first-order chi connectivity index (χ1) is 10.7. The van der Waals surface area contributed by atoms with Crippen molar-refractivity contribution in [3.05, 3.63) is 38.3 Å². The Bertz CT molecular complexity index is 615. The van der Waals surface area contributed by atoms with Crippen LogP contribution in [0.2, 0.25) is 0 Å². The van der Waals surface area contributed by atoms with E-state index in [1.54, 1.807) is 37.8 Å². The summed E-state index contributed by atoms with van der Waals surface area (Å²) < 4.78 is 6.06. The number of carbonyl (C=O) groups excluding carboxylic acids is 1. The van der Waals surface area contributed by atoms with E-state index in [-0.39, 0.29) is 5.69 Å². The molecule has 1 saturated heterocycles. The molecular formula is C15H20BrN3O4. The highest BCUT2D eigenvalue weighted by Crippen LogP contribution is 2.33. The van der Waals surface area contributed by atoms with Crippen LogP contribution >= 0.6 is 15.9 Å². The van der Waals surface area contributed by atoms with Crippen molar-refractivity contribution >= 4 is 27.7 Å². The van der Waals surface area contributed by atoms with Gasteiger partial charge in [-0.25, -0.2) is 4.79 Å². The Kier molecular flexibility index (Phi) is 5.26. The van der Waals surface area contributed by atoms with Crippen LogP contribution in [0.15, 0.2) is 22.7 Å². The van der Waals surface area contributed by atoms with Gasteiger partial charge in [0.2, 0.25) is 0 Å². The van der Waals surface area contributed by atoms with Crippen LogP contribution in [0.1, 0.15) is 32.4 Å². The smallest absolute Gasteiger partial charge is 0.410 e. The third kappa shape index (κ3) is 4.42. The molecule has 0 saturated carbocycles. The van der Waals surface area contributed by atoms with E-state index in [4.69, 9.17) is 4.74 Å². The van der Waals surface area contributed by atoms with Crippen molar-refractivity contribution in [3.8, 4) is 0 Å². The molecule has 1 heterocycles. The van der Waals surface area contributed by atoms with Crippen LogP contribution in [0.5, 0.6) is 0 Å². The number of carbonyl (C=O) groups is 1. The van der Waals surface area contributed by atoms with Gasteiger partial charge in [0.1, 0.15) is 5.60 Å². The Morgan fingerprint density at radius 3 is 2.78 bits per heavy atom. The van der Waals surface area contributed by atoms with Crippen molar-refractivity contribution in [2.45, 2.75) is 32.4 Å². The number of amides is 1. The highest BCUT2D eigenvalue weighted by Gasteiger charge is 2.34. The Morgan fingerprint density at radius 1 is 1.48 bits per heavy atom. The van der Waals surface area contributed by atoms with Gasteiger partial charge in [0.25, 0.3) is 5.69 Å². The van der Waals surface area contributed by atoms with Gasteiger partial charge < -0.3 is 10.1 Å². The topological polar surface area (TPSA) is 84.7 Å². The van der Waals surface area contributed by atoms with Crippen LogP contribution in [0.4, 0.5) is 10.5 Å². The molecule has 1 unspecified atom stereocenters. The maximum absolute atomic E-state index is 12.4. The van der Waals surface area contributed by atoms with Gasteiger partial charge in [-0.3, -0.25) is 15.0 Å². The summed E-state index contributed by atoms with van der Waals surface area (Å²) in [5.41, 5.74) is -0.129. The summed E-state index contributed by atoms with van der Waals surface area (Å²) in [6.07, 6.45) is -0.457. The lowest BCUT2D eigenvalue weighted by Crippen LogP contribution is -2.50. The summed E-state index contributed by atoms with van der Waals surface area (Å²) in [4.78, 5) is 24.9. The number of nitro groups is 1. The molecule has 2 rings (SSSR count). The van der Waals surface area contributed by atoms with Crippen molar-refractivity contribution in [2.24, 2.45) is 0 Å². The number of nitrogens with zero attached hydrogens (tertiary/aromatic N) is 2. The fraction of sp³-hybridized carbons (Fsp3) is 0.533. The summed E-state index contributed by atoms with van der Waals surface area (Å²) in [5.74, 6) is 0. The van der Waals surface area contributed by atoms with Crippen molar-refractivity contribution in [1.82, 2.24) is 10.2 Å². The van der Waals surface area contributed by atoms with E-state index in [1.165, 1.54) is 6.07 Å². The van der Waals surface area contributed by atoms with E-state index in [0.29, 0.717) is 29.7 Å². The molecule has 7 nitrogen and oxygen atoms in total. The zero-order chi connectivity index (χ0) is 17.2. The Labute approximate surface area is 143 Å². The maximum Gasteiger partial charge on any atom is 0.410 e. The first-order valence-electron chi connectivity index (χ1n) is 7.33. The van der Waals surface area contributed by atoms with E-state index >= 15 is 0 Å². The van der Waals surface area contributed by atoms with E-state index in [2.05, 4.69) is 21.2 Å². The predicted molar refractivity (Wildman–Crippen MR) is 89.3 cm³/mol. The number of nitro benzene ring substituents is 1. The minimum absolute atomic E-state index is 0.0124. The fourth-order valence-electron chi connectivity index (χ4n) is 2.48. The average Bonchev–Trinajstić information content (AvgIpc) is 2.45. The molecule has 1 amide bonds. The fourth-order valence-corrected chi connectivity index (χ4v) is 2.83. The molecule has 1 aromatic carbocycles. The molecule has 1 fully saturated rings. The molecule has 1 atom stereocenters. The molecule has 1 aliphatic rings. The normalized spacial score (nSPS) is 18.6. The third-order valence-electron chi connectivity index (χ3n) is 3.42. The van der Waals surface area contributed by atoms with Gasteiger partial charge in [0.15, 0.2) is 0 Å². The number of nitrogens with one attached hydrogen (secondary N) is 1. The first-order valence-corrected chi connectivity index (χ1v) is 8.12. The maximum atomic E-state index is 12.4. The Morgan fingerprint density at radius 2 is 2.17 bits per heavy atom. The quantitative estimate of drug-likeness (QED) is 0.623. The lowest BCUT2D eigenvalue weighted by molar-refractivity contribution is -0.386. The highest BCUT2D eigenvalue weighted by molar-refractivity contribution is 9.10. The van der Waals surface area contributed by atoms with Crippen LogP contribution in [0, 0.1) is 10.1 Å². The van der Waals surface area contributed by atoms with Gasteiger partial charge in [-0.2, -0.15) is 0 Å². The number of halogens is 1. The van der Waals surface area contributed by atoms with Gasteiger partial charge in [-0.1, -0.05) is 15.9 Å². The first kappa shape index (κ1) is 17.7. The number of hydrogen-bond donors (Lipinski definition) is 1. The largest absolute Gasteiger partial charge is 0.444 e. The monoisotopic (exact) mass is 385 g/mol. The summed E-state index contributed by atoms with van der Waals surface area (Å²) in [6, 6.07) is 4.44. The van der Waals surface area contributed by atoms with Crippen LogP contribution in [-0.4, -0.2) is 41.2 Å². The molecule has 8 heteroatoms. The second kappa shape index (κ2) is 6.84. The van der Waals surface area contributed by atoms with Gasteiger partial charge in [0.05, 0.1) is 16.5 Å². The SMILES string of the molecule is CC(C)(C)OC(=O)N1CCNCC1c1ccc(Br)cc1[N+](=O)[O-]. The standard InChI is InChI=1S/C15H20BrN3O4/c1-15(2,3)23-14(20)18-7-6-17-9-13(18)11-5-4-10(16)8-12(11)19(21)22/h4-5,8,13,17H,6-7,9H2,1-3H3. The summed E-state index contributed by atoms with van der Waals surface area (Å²) in [5, 5.41) is 14.5. The lowest BCUT2D eigenvalue weighted by atomic mass is 10.0. The molecular weight excluding hydrogens is 366 g/mol. The van der Waals surface area contributed by atoms with Gasteiger partial charge >= 0.3 is 6.09 Å². The molecule has 0 aromatic heterocycles. The average molecular weight is 386 g/mol. The minimum atomic E-state index is -0.613. The van der Waals surface area contributed by atoms with Crippen LogP contribution in [-0.2, 0) is 4.74 Å². The molecule has 1 aliphatic heterocycles. The number of rotatable bonds is 2. The number of piperazine rings is 1. The van der Waals surface area contributed by atoms with E-state index in [9.17, 15) is 14.9 Å². The van der Waals surface area contributed by atoms with Crippen molar-refractivity contribution in [3.63, 3.8) is 0 Å². The van der Waals surface area contributed by atoms with Crippen LogP contribution in [0.3, 0.4) is 0 Å². The molecule has 1 aromatic rings. The zero-order valence-electron chi connectivity index (χ0n) is 13.3. The van der Waals surface area contributed by atoms with Crippen molar-refractivity contribution < 1.29 is 14.5 Å². The molecule has 23 heavy (non-hydrogen) atoms. The minimum Gasteiger partial charge on any atom is -0.444 e. The van der Waals surface area contributed by atoms with Crippen molar-refractivity contribution in [2.75, 3.05) is 19.6 Å². The molecule has 1 N–H and O–H groups in total. The van der Waals surface area contributed by atoms with Crippen LogP contribution in [0.25, 0.3) is 0 Å². The predicted octanol–water partition coefficient (Wildman–Crippen LogP) is 3.24. The van der Waals surface area contributed by atoms with Gasteiger partial charge in [-0.05, 0) is 32.9 Å². The van der Waals surface area contributed by atoms with Gasteiger partial charge in [0, 0.05) is 30.2 Å². The van der Waals surface area contributed by atoms with E-state index in [0.717, 1.165) is 0 Å². The molecule has 0 aliphatic carbocycles. The molecule has 0 spiro atoms. The summed E-state index contributed by atoms with van der Waals surface area (Å²) in [7, 11) is 0. The highest BCUT2D eigenvalue weighted by atomic mass is 79.9. The Balaban J connectivity index is 2.35. The van der Waals surface area contributed by atoms with E-state index in [1.807, 2.05) is 0 Å². The second-order valence-corrected chi connectivity index (χ2v) is 7.27. The third-order valence-corrected chi connectivity index (χ3v) is 3.91. The second-order valence-electron chi connectivity index (χ2n) is 6.35. The number of hydrogen-bond acceptors (Lipinski definition) is 5. The van der Waals surface area contributed by atoms with Crippen molar-refractivity contribution in [1.29, 1.82) is 0 Å². The molecule has 0 radical (unpaired) electrons. The number of benzene rings is 1. The summed E-state index contributed by atoms with van der Waals surface area (Å²) in [6.45, 7) is 6.90. The molecule has 0 bridgehead atoms.